The molecule has 0 heterocycles. The molecule has 25 aromatic rings. The van der Waals surface area contributed by atoms with Crippen molar-refractivity contribution in [2.45, 2.75) is 0 Å². The molecule has 0 amide bonds. The maximum atomic E-state index is 2.43. The van der Waals surface area contributed by atoms with Crippen molar-refractivity contribution in [1.82, 2.24) is 0 Å². The van der Waals surface area contributed by atoms with E-state index in [0.717, 1.165) is 0 Å². The summed E-state index contributed by atoms with van der Waals surface area (Å²) >= 11 is 0. The zero-order valence-electron chi connectivity index (χ0n) is 72.8. The van der Waals surface area contributed by atoms with Gasteiger partial charge in [0.2, 0.25) is 0 Å². The van der Waals surface area contributed by atoms with E-state index in [2.05, 4.69) is 534 Å². The van der Waals surface area contributed by atoms with Gasteiger partial charge in [-0.3, -0.25) is 0 Å². The quantitative estimate of drug-likeness (QED) is 0.0797. The van der Waals surface area contributed by atoms with Crippen molar-refractivity contribution in [2.24, 2.45) is 0 Å². The zero-order chi connectivity index (χ0) is 87.6. The maximum Gasteiger partial charge on any atom is -0.00262 e. The van der Waals surface area contributed by atoms with Crippen LogP contribution in [0.2, 0.25) is 0 Å². The van der Waals surface area contributed by atoms with Crippen molar-refractivity contribution >= 4 is 97.0 Å². The molecule has 0 saturated carbocycles. The molecule has 0 aliphatic rings. The summed E-state index contributed by atoms with van der Waals surface area (Å²) in [4.78, 5) is 0. The molecule has 0 fully saturated rings. The Morgan fingerprint density at radius 2 is 0.265 bits per heavy atom. The highest BCUT2D eigenvalue weighted by molar-refractivity contribution is 6.26. The Morgan fingerprint density at radius 1 is 0.0758 bits per heavy atom. The third-order valence-corrected chi connectivity index (χ3v) is 26.6. The Hall–Kier alpha value is -17.2. The Balaban J connectivity index is 0.000000112. The van der Waals surface area contributed by atoms with Crippen LogP contribution in [-0.4, -0.2) is 0 Å². The average Bonchev–Trinajstić information content (AvgIpc) is 0.765. The van der Waals surface area contributed by atoms with Gasteiger partial charge in [0, 0.05) is 0 Å². The normalized spacial score (nSPS) is 11.3. The summed E-state index contributed by atoms with van der Waals surface area (Å²) in [5.41, 5.74) is 32.3. The largest absolute Gasteiger partial charge is 0.0622 e. The van der Waals surface area contributed by atoms with Gasteiger partial charge in [-0.25, -0.2) is 0 Å². The van der Waals surface area contributed by atoms with Gasteiger partial charge < -0.3 is 0 Å². The van der Waals surface area contributed by atoms with E-state index < -0.39 is 0 Å². The Bertz CT molecular complexity index is 8570. The standard InChI is InChI=1S/C46H30.C44H30.C42H28/c1-3-13-31(14-4-1)32-23-25-34(26-24-32)45-40-21-11-12-22-41(40)46(33-15-5-2-6-16-33)44-30-36(27-28-42(44)45)43-29-35-17-7-8-18-37(35)38-19-9-10-20-39(38)43;1-4-12-31(13-5-1)33-20-22-35(23-21-33)38-28-29-41-42(30-38)44(36-16-8-3-9-17-36)40-19-11-10-18-39(40)43(41)37-26-24-34(25-27-37)32-14-6-2-7-15-32;1-3-11-29(12-4-1)31-19-22-33(23-20-31)41-37-17-9-10-18-38(37)42(32-14-5-2-6-15-32)40-28-36(25-26-39(40)41)35-24-21-30-13-7-8-16-34(30)27-35/h1-30H;1-30H;1-28H. The van der Waals surface area contributed by atoms with Crippen LogP contribution in [-0.2, 0) is 0 Å². The molecule has 0 bridgehead atoms. The molecule has 25 aromatic carbocycles. The molecule has 25 rings (SSSR count). The van der Waals surface area contributed by atoms with Crippen LogP contribution < -0.4 is 0 Å². The summed E-state index contributed by atoms with van der Waals surface area (Å²) in [6.07, 6.45) is 0. The van der Waals surface area contributed by atoms with Crippen LogP contribution in [0.4, 0.5) is 0 Å². The first-order valence-corrected chi connectivity index (χ1v) is 45.7. The van der Waals surface area contributed by atoms with E-state index in [1.807, 2.05) is 0 Å². The van der Waals surface area contributed by atoms with Crippen molar-refractivity contribution in [2.75, 3.05) is 0 Å². The molecule has 0 aliphatic carbocycles. The van der Waals surface area contributed by atoms with Crippen LogP contribution in [0, 0.1) is 0 Å². The molecule has 0 spiro atoms. The number of hydrogen-bond donors (Lipinski definition) is 0. The fraction of sp³-hybridized carbons (Fsp3) is 0. The summed E-state index contributed by atoms with van der Waals surface area (Å²) in [5, 5.41) is 22.9. The summed E-state index contributed by atoms with van der Waals surface area (Å²) in [6.45, 7) is 0. The van der Waals surface area contributed by atoms with Crippen LogP contribution in [0.25, 0.3) is 242 Å². The van der Waals surface area contributed by atoms with E-state index in [0.29, 0.717) is 0 Å². The number of benzene rings is 25. The smallest absolute Gasteiger partial charge is 0.00262 e. The highest BCUT2D eigenvalue weighted by Gasteiger charge is 2.24. The van der Waals surface area contributed by atoms with Gasteiger partial charge in [-0.15, -0.1) is 0 Å². The molecule has 0 radical (unpaired) electrons. The predicted molar refractivity (Wildman–Crippen MR) is 568 cm³/mol. The van der Waals surface area contributed by atoms with E-state index in [1.165, 1.54) is 242 Å². The highest BCUT2D eigenvalue weighted by atomic mass is 14.3. The fourth-order valence-corrected chi connectivity index (χ4v) is 20.3. The lowest BCUT2D eigenvalue weighted by Crippen LogP contribution is -1.92. The molecule has 0 aromatic heterocycles. The molecular weight excluding hydrogens is 1590 g/mol. The number of fused-ring (bicyclic) bond motifs is 10. The lowest BCUT2D eigenvalue weighted by Gasteiger charge is -2.19. The second-order valence-corrected chi connectivity index (χ2v) is 34.3. The Morgan fingerprint density at radius 3 is 0.606 bits per heavy atom. The molecule has 616 valence electrons. The monoisotopic (exact) mass is 1670 g/mol. The molecule has 132 heavy (non-hydrogen) atoms. The fourth-order valence-electron chi connectivity index (χ4n) is 20.3. The van der Waals surface area contributed by atoms with E-state index in [-0.39, 0.29) is 0 Å². The third-order valence-electron chi connectivity index (χ3n) is 26.6. The molecule has 0 heteroatoms. The lowest BCUT2D eigenvalue weighted by atomic mass is 9.84. The zero-order valence-corrected chi connectivity index (χ0v) is 72.8. The van der Waals surface area contributed by atoms with Gasteiger partial charge in [0.25, 0.3) is 0 Å². The van der Waals surface area contributed by atoms with Crippen molar-refractivity contribution in [3.05, 3.63) is 534 Å². The van der Waals surface area contributed by atoms with Crippen LogP contribution >= 0.6 is 0 Å². The minimum Gasteiger partial charge on any atom is -0.0622 e. The van der Waals surface area contributed by atoms with Crippen LogP contribution in [0.1, 0.15) is 0 Å². The van der Waals surface area contributed by atoms with Gasteiger partial charge in [-0.05, 0) is 272 Å². The summed E-state index contributed by atoms with van der Waals surface area (Å²) < 4.78 is 0. The minimum atomic E-state index is 1.22. The van der Waals surface area contributed by atoms with Crippen LogP contribution in [0.3, 0.4) is 0 Å². The van der Waals surface area contributed by atoms with Crippen molar-refractivity contribution in [1.29, 1.82) is 0 Å². The number of hydrogen-bond acceptors (Lipinski definition) is 0. The minimum absolute atomic E-state index is 1.22. The molecule has 0 saturated heterocycles. The summed E-state index contributed by atoms with van der Waals surface area (Å²) in [5.74, 6) is 0. The van der Waals surface area contributed by atoms with Gasteiger partial charge in [0.05, 0.1) is 0 Å². The lowest BCUT2D eigenvalue weighted by molar-refractivity contribution is 1.59. The van der Waals surface area contributed by atoms with Gasteiger partial charge in [0.1, 0.15) is 0 Å². The average molecular weight is 1670 g/mol. The molecular formula is C132H88. The van der Waals surface area contributed by atoms with E-state index in [4.69, 9.17) is 0 Å². The van der Waals surface area contributed by atoms with Gasteiger partial charge in [0.15, 0.2) is 0 Å². The first-order valence-electron chi connectivity index (χ1n) is 45.7. The summed E-state index contributed by atoms with van der Waals surface area (Å²) in [6, 6.07) is 194. The second kappa shape index (κ2) is 35.2. The molecule has 0 aliphatic heterocycles. The molecule has 0 unspecified atom stereocenters. The maximum absolute atomic E-state index is 2.43. The van der Waals surface area contributed by atoms with Crippen LogP contribution in [0.15, 0.2) is 534 Å². The predicted octanol–water partition coefficient (Wildman–Crippen LogP) is 37.1. The first-order chi connectivity index (χ1) is 65.5. The number of rotatable bonds is 13. The molecule has 0 N–H and O–H groups in total. The van der Waals surface area contributed by atoms with Gasteiger partial charge >= 0.3 is 0 Å². The van der Waals surface area contributed by atoms with Gasteiger partial charge in [-0.2, -0.15) is 0 Å². The summed E-state index contributed by atoms with van der Waals surface area (Å²) in [7, 11) is 0. The van der Waals surface area contributed by atoms with E-state index >= 15 is 0 Å². The van der Waals surface area contributed by atoms with E-state index in [9.17, 15) is 0 Å². The molecule has 0 atom stereocenters. The van der Waals surface area contributed by atoms with Crippen molar-refractivity contribution in [3.63, 3.8) is 0 Å². The second-order valence-electron chi connectivity index (χ2n) is 34.3. The SMILES string of the molecule is c1ccc(-c2ccc(-c3c4ccccc4c(-c4ccccc4)c4cc(-c5cc6ccccc6c6ccccc56)ccc34)cc2)cc1.c1ccc(-c2ccc(-c3c4ccccc4c(-c4ccccc4)c4cc(-c5ccc6ccccc6c5)ccc34)cc2)cc1.c1ccc(-c2ccc(-c3ccc4c(-c5ccc(-c6ccccc6)cc5)c5ccccc5c(-c5ccccc5)c4c3)cc2)cc1. The van der Waals surface area contributed by atoms with Crippen molar-refractivity contribution < 1.29 is 0 Å². The first kappa shape index (κ1) is 79.5. The van der Waals surface area contributed by atoms with Crippen LogP contribution in [0.5, 0.6) is 0 Å². The highest BCUT2D eigenvalue weighted by Crippen LogP contribution is 2.51. The van der Waals surface area contributed by atoms with Gasteiger partial charge in [-0.1, -0.05) is 504 Å². The van der Waals surface area contributed by atoms with E-state index in [1.54, 1.807) is 0 Å². The third kappa shape index (κ3) is 15.2. The molecule has 0 nitrogen and oxygen atoms in total. The Labute approximate surface area is 769 Å². The van der Waals surface area contributed by atoms with Crippen molar-refractivity contribution in [3.8, 4) is 145 Å². The topological polar surface area (TPSA) is 0 Å². The Kier molecular flexibility index (Phi) is 21.2.